The number of rotatable bonds is 6. The maximum atomic E-state index is 4.62. The third-order valence-corrected chi connectivity index (χ3v) is 6.87. The van der Waals surface area contributed by atoms with Crippen LogP contribution >= 0.6 is 0 Å². The molecule has 36 heavy (non-hydrogen) atoms. The van der Waals surface area contributed by atoms with Crippen molar-refractivity contribution in [3.8, 4) is 22.5 Å². The van der Waals surface area contributed by atoms with Crippen LogP contribution in [-0.2, 0) is 0 Å². The number of hydrogen-bond acceptors (Lipinski definition) is 7. The van der Waals surface area contributed by atoms with Crippen LogP contribution in [0.5, 0.6) is 0 Å². The molecule has 9 heteroatoms. The maximum absolute atomic E-state index is 4.62. The normalized spacial score (nSPS) is 14.6. The van der Waals surface area contributed by atoms with Crippen LogP contribution in [0.3, 0.4) is 0 Å². The monoisotopic (exact) mass is 479 g/mol. The molecule has 6 rings (SSSR count). The molecule has 1 aliphatic rings. The fourth-order valence-electron chi connectivity index (χ4n) is 4.69. The van der Waals surface area contributed by atoms with Gasteiger partial charge in [0.2, 0.25) is 0 Å². The summed E-state index contributed by atoms with van der Waals surface area (Å²) < 4.78 is 0. The largest absolute Gasteiger partial charge is 0.367 e. The zero-order chi connectivity index (χ0) is 24.6. The van der Waals surface area contributed by atoms with Crippen molar-refractivity contribution >= 4 is 33.3 Å². The molecule has 3 N–H and O–H groups in total. The average Bonchev–Trinajstić information content (AvgIpc) is 3.53. The number of allylic oxidation sites excluding steroid dienone is 1. The predicted molar refractivity (Wildman–Crippen MR) is 145 cm³/mol. The molecule has 0 radical (unpaired) electrons. The third kappa shape index (κ3) is 4.07. The fourth-order valence-corrected chi connectivity index (χ4v) is 4.69. The van der Waals surface area contributed by atoms with E-state index in [0.29, 0.717) is 5.65 Å². The number of nitrogens with one attached hydrogen (secondary N) is 3. The van der Waals surface area contributed by atoms with Gasteiger partial charge in [-0.2, -0.15) is 5.10 Å². The zero-order valence-corrected chi connectivity index (χ0v) is 20.5. The Balaban J connectivity index is 1.38. The van der Waals surface area contributed by atoms with Crippen LogP contribution in [0.2, 0.25) is 0 Å². The summed E-state index contributed by atoms with van der Waals surface area (Å²) in [5, 5.41) is 13.1. The Morgan fingerprint density at radius 1 is 0.972 bits per heavy atom. The molecule has 9 nitrogen and oxygen atoms in total. The Bertz CT molecular complexity index is 1560. The summed E-state index contributed by atoms with van der Waals surface area (Å²) in [4.78, 5) is 21.8. The molecular formula is C27H29N9. The van der Waals surface area contributed by atoms with Crippen LogP contribution in [0, 0.1) is 0 Å². The molecule has 182 valence electrons. The Kier molecular flexibility index (Phi) is 5.61. The van der Waals surface area contributed by atoms with E-state index in [1.165, 1.54) is 0 Å². The standard InChI is InChI=1S/C27H29N9/c1-4-17(2)31-20-9-18(12-28-14-20)19-10-22-26(33-34-27(22)30-13-19)23-11-21-24(32-23)15-29-16-25(21)36-7-5-35(3)6-8-36/h9-16,31-32H,2,4-8H2,1,3H3,(H,30,33,34). The van der Waals surface area contributed by atoms with Gasteiger partial charge in [-0.05, 0) is 31.7 Å². The molecule has 6 heterocycles. The average molecular weight is 480 g/mol. The van der Waals surface area contributed by atoms with E-state index in [4.69, 9.17) is 0 Å². The molecule has 1 aliphatic heterocycles. The smallest absolute Gasteiger partial charge is 0.181 e. The number of likely N-dealkylation sites (N-methyl/N-ethyl adjacent to an activating group) is 1. The van der Waals surface area contributed by atoms with E-state index in [9.17, 15) is 0 Å². The van der Waals surface area contributed by atoms with E-state index in [0.717, 1.165) is 88.5 Å². The fraction of sp³-hybridized carbons (Fsp3) is 0.259. The van der Waals surface area contributed by atoms with Crippen LogP contribution in [0.15, 0.2) is 61.5 Å². The minimum Gasteiger partial charge on any atom is -0.367 e. The summed E-state index contributed by atoms with van der Waals surface area (Å²) in [6.45, 7) is 10.2. The Morgan fingerprint density at radius 2 is 1.78 bits per heavy atom. The molecule has 1 fully saturated rings. The van der Waals surface area contributed by atoms with Gasteiger partial charge in [-0.3, -0.25) is 15.1 Å². The zero-order valence-electron chi connectivity index (χ0n) is 20.5. The van der Waals surface area contributed by atoms with Crippen molar-refractivity contribution in [3.63, 3.8) is 0 Å². The first kappa shape index (κ1) is 22.2. The predicted octanol–water partition coefficient (Wildman–Crippen LogP) is 4.65. The van der Waals surface area contributed by atoms with Crippen molar-refractivity contribution in [1.82, 2.24) is 35.0 Å². The number of aromatic nitrogens is 6. The first-order chi connectivity index (χ1) is 17.6. The van der Waals surface area contributed by atoms with Gasteiger partial charge in [-0.15, -0.1) is 0 Å². The molecule has 0 saturated carbocycles. The van der Waals surface area contributed by atoms with E-state index in [1.807, 2.05) is 24.8 Å². The molecule has 0 aliphatic carbocycles. The Morgan fingerprint density at radius 3 is 2.61 bits per heavy atom. The van der Waals surface area contributed by atoms with Gasteiger partial charge < -0.3 is 20.1 Å². The second kappa shape index (κ2) is 9.09. The number of pyridine rings is 3. The highest BCUT2D eigenvalue weighted by Crippen LogP contribution is 2.34. The molecule has 0 unspecified atom stereocenters. The van der Waals surface area contributed by atoms with Crippen LogP contribution in [0.25, 0.3) is 44.5 Å². The number of piperazine rings is 1. The number of hydrogen-bond donors (Lipinski definition) is 3. The van der Waals surface area contributed by atoms with Gasteiger partial charge in [0.15, 0.2) is 5.65 Å². The van der Waals surface area contributed by atoms with Gasteiger partial charge in [0.25, 0.3) is 0 Å². The highest BCUT2D eigenvalue weighted by Gasteiger charge is 2.19. The maximum Gasteiger partial charge on any atom is 0.181 e. The summed E-state index contributed by atoms with van der Waals surface area (Å²) in [6.07, 6.45) is 10.2. The van der Waals surface area contributed by atoms with Crippen molar-refractivity contribution in [2.24, 2.45) is 0 Å². The first-order valence-corrected chi connectivity index (χ1v) is 12.2. The molecule has 0 spiro atoms. The molecule has 0 amide bonds. The van der Waals surface area contributed by atoms with Crippen LogP contribution in [0.4, 0.5) is 11.4 Å². The molecule has 0 bridgehead atoms. The second-order valence-electron chi connectivity index (χ2n) is 9.33. The van der Waals surface area contributed by atoms with Crippen molar-refractivity contribution in [3.05, 3.63) is 61.5 Å². The van der Waals surface area contributed by atoms with E-state index >= 15 is 0 Å². The lowest BCUT2D eigenvalue weighted by molar-refractivity contribution is 0.313. The SMILES string of the molecule is C=C(CC)Nc1cncc(-c2cnc3n[nH]c(-c4cc5c(N6CCN(C)CC6)cncc5[nH]4)c3c2)c1. The molecular weight excluding hydrogens is 450 g/mol. The minimum absolute atomic E-state index is 0.673. The highest BCUT2D eigenvalue weighted by atomic mass is 15.3. The Labute approximate surface area is 209 Å². The first-order valence-electron chi connectivity index (χ1n) is 12.2. The number of nitrogens with zero attached hydrogens (tertiary/aromatic N) is 6. The van der Waals surface area contributed by atoms with Crippen molar-refractivity contribution in [2.75, 3.05) is 43.4 Å². The molecule has 0 atom stereocenters. The Hall–Kier alpha value is -4.24. The molecule has 0 aromatic carbocycles. The highest BCUT2D eigenvalue weighted by molar-refractivity contribution is 5.99. The molecule has 1 saturated heterocycles. The number of fused-ring (bicyclic) bond motifs is 2. The summed E-state index contributed by atoms with van der Waals surface area (Å²) in [7, 11) is 2.17. The number of aromatic amines is 2. The van der Waals surface area contributed by atoms with E-state index in [-0.39, 0.29) is 0 Å². The van der Waals surface area contributed by atoms with Crippen LogP contribution < -0.4 is 10.2 Å². The van der Waals surface area contributed by atoms with Crippen molar-refractivity contribution in [2.45, 2.75) is 13.3 Å². The lowest BCUT2D eigenvalue weighted by Crippen LogP contribution is -2.44. The van der Waals surface area contributed by atoms with Crippen LogP contribution in [0.1, 0.15) is 13.3 Å². The number of anilines is 2. The van der Waals surface area contributed by atoms with E-state index < -0.39 is 0 Å². The summed E-state index contributed by atoms with van der Waals surface area (Å²) in [5.74, 6) is 0. The number of H-pyrrole nitrogens is 2. The lowest BCUT2D eigenvalue weighted by atomic mass is 10.1. The topological polar surface area (TPSA) is 102 Å². The van der Waals surface area contributed by atoms with Gasteiger partial charge in [-0.25, -0.2) is 4.98 Å². The summed E-state index contributed by atoms with van der Waals surface area (Å²) in [5.41, 5.74) is 8.51. The quantitative estimate of drug-likeness (QED) is 0.326. The van der Waals surface area contributed by atoms with Crippen LogP contribution in [-0.4, -0.2) is 68.3 Å². The van der Waals surface area contributed by atoms with Gasteiger partial charge in [-0.1, -0.05) is 13.5 Å². The lowest BCUT2D eigenvalue weighted by Gasteiger charge is -2.34. The van der Waals surface area contributed by atoms with Gasteiger partial charge >= 0.3 is 0 Å². The van der Waals surface area contributed by atoms with E-state index in [2.05, 4.69) is 84.0 Å². The van der Waals surface area contributed by atoms with Gasteiger partial charge in [0, 0.05) is 66.2 Å². The minimum atomic E-state index is 0.673. The van der Waals surface area contributed by atoms with E-state index in [1.54, 1.807) is 6.20 Å². The molecule has 5 aromatic rings. The van der Waals surface area contributed by atoms with Gasteiger partial charge in [0.05, 0.1) is 46.9 Å². The van der Waals surface area contributed by atoms with Gasteiger partial charge in [0.1, 0.15) is 0 Å². The second-order valence-corrected chi connectivity index (χ2v) is 9.33. The third-order valence-electron chi connectivity index (χ3n) is 6.87. The molecule has 5 aromatic heterocycles. The summed E-state index contributed by atoms with van der Waals surface area (Å²) >= 11 is 0. The van der Waals surface area contributed by atoms with Crippen molar-refractivity contribution < 1.29 is 0 Å². The summed E-state index contributed by atoms with van der Waals surface area (Å²) in [6, 6.07) is 6.36. The van der Waals surface area contributed by atoms with Crippen molar-refractivity contribution in [1.29, 1.82) is 0 Å².